The standard InChI is InChI=1S/C16H28N4O.HI/c1-6-18-15(20-12-16(3,4)21-5)19-10-8-14-7-9-17-11-13(14)2;/h7,9,11H,6,8,10,12H2,1-5H3,(H2,18,19,20);1H. The molecule has 0 aromatic carbocycles. The largest absolute Gasteiger partial charge is 0.377 e. The van der Waals surface area contributed by atoms with E-state index in [1.807, 2.05) is 26.2 Å². The zero-order valence-electron chi connectivity index (χ0n) is 14.3. The molecule has 0 bridgehead atoms. The molecule has 6 heteroatoms. The second-order valence-corrected chi connectivity index (χ2v) is 5.64. The Hall–Kier alpha value is -0.890. The van der Waals surface area contributed by atoms with E-state index in [1.165, 1.54) is 11.1 Å². The first-order valence-electron chi connectivity index (χ1n) is 7.45. The van der Waals surface area contributed by atoms with Crippen molar-refractivity contribution in [2.45, 2.75) is 39.7 Å². The van der Waals surface area contributed by atoms with Crippen LogP contribution in [0.4, 0.5) is 0 Å². The predicted octanol–water partition coefficient (Wildman–Crippen LogP) is 2.53. The van der Waals surface area contributed by atoms with Gasteiger partial charge in [-0.25, -0.2) is 0 Å². The van der Waals surface area contributed by atoms with Crippen LogP contribution in [0.1, 0.15) is 31.9 Å². The summed E-state index contributed by atoms with van der Waals surface area (Å²) in [6.45, 7) is 10.5. The first kappa shape index (κ1) is 21.1. The van der Waals surface area contributed by atoms with E-state index in [-0.39, 0.29) is 29.6 Å². The van der Waals surface area contributed by atoms with Gasteiger partial charge >= 0.3 is 0 Å². The molecule has 0 amide bonds. The maximum absolute atomic E-state index is 5.39. The molecular formula is C16H29IN4O. The molecule has 126 valence electrons. The van der Waals surface area contributed by atoms with Crippen molar-refractivity contribution in [2.24, 2.45) is 4.99 Å². The van der Waals surface area contributed by atoms with Crippen LogP contribution >= 0.6 is 24.0 Å². The van der Waals surface area contributed by atoms with Crippen molar-refractivity contribution in [2.75, 3.05) is 26.7 Å². The van der Waals surface area contributed by atoms with Crippen LogP contribution in [0.3, 0.4) is 0 Å². The highest BCUT2D eigenvalue weighted by Gasteiger charge is 2.15. The van der Waals surface area contributed by atoms with Gasteiger partial charge in [0.15, 0.2) is 5.96 Å². The Morgan fingerprint density at radius 3 is 2.68 bits per heavy atom. The van der Waals surface area contributed by atoms with Gasteiger partial charge in [-0.2, -0.15) is 0 Å². The van der Waals surface area contributed by atoms with E-state index in [9.17, 15) is 0 Å². The van der Waals surface area contributed by atoms with Gasteiger partial charge in [-0.3, -0.25) is 9.98 Å². The number of methoxy groups -OCH3 is 1. The van der Waals surface area contributed by atoms with Gasteiger partial charge in [0.1, 0.15) is 0 Å². The van der Waals surface area contributed by atoms with Crippen molar-refractivity contribution in [1.82, 2.24) is 15.6 Å². The topological polar surface area (TPSA) is 58.5 Å². The molecule has 0 aliphatic heterocycles. The molecule has 0 spiro atoms. The van der Waals surface area contributed by atoms with Crippen LogP contribution < -0.4 is 10.6 Å². The van der Waals surface area contributed by atoms with Gasteiger partial charge in [0.2, 0.25) is 0 Å². The minimum absolute atomic E-state index is 0. The average Bonchev–Trinajstić information content (AvgIpc) is 2.47. The third kappa shape index (κ3) is 7.93. The number of halogens is 1. The van der Waals surface area contributed by atoms with E-state index in [4.69, 9.17) is 4.74 Å². The quantitative estimate of drug-likeness (QED) is 0.405. The molecule has 0 radical (unpaired) electrons. The minimum atomic E-state index is -0.246. The summed E-state index contributed by atoms with van der Waals surface area (Å²) < 4.78 is 5.39. The molecule has 0 fully saturated rings. The van der Waals surface area contributed by atoms with E-state index in [0.29, 0.717) is 6.54 Å². The molecule has 0 atom stereocenters. The van der Waals surface area contributed by atoms with Crippen LogP contribution in [0.5, 0.6) is 0 Å². The fourth-order valence-corrected chi connectivity index (χ4v) is 1.77. The molecule has 0 saturated heterocycles. The fraction of sp³-hybridized carbons (Fsp3) is 0.625. The Morgan fingerprint density at radius 1 is 1.36 bits per heavy atom. The zero-order valence-corrected chi connectivity index (χ0v) is 16.6. The molecule has 22 heavy (non-hydrogen) atoms. The van der Waals surface area contributed by atoms with Crippen molar-refractivity contribution in [3.63, 3.8) is 0 Å². The Morgan fingerprint density at radius 2 is 2.09 bits per heavy atom. The van der Waals surface area contributed by atoms with Crippen molar-refractivity contribution >= 4 is 29.9 Å². The smallest absolute Gasteiger partial charge is 0.191 e. The number of aromatic nitrogens is 1. The van der Waals surface area contributed by atoms with Gasteiger partial charge in [-0.05, 0) is 51.3 Å². The monoisotopic (exact) mass is 420 g/mol. The van der Waals surface area contributed by atoms with Crippen LogP contribution in [0.15, 0.2) is 23.5 Å². The summed E-state index contributed by atoms with van der Waals surface area (Å²) in [4.78, 5) is 8.68. The highest BCUT2D eigenvalue weighted by molar-refractivity contribution is 14.0. The number of nitrogens with zero attached hydrogens (tertiary/aromatic N) is 2. The van der Waals surface area contributed by atoms with Crippen LogP contribution in [0.25, 0.3) is 0 Å². The minimum Gasteiger partial charge on any atom is -0.377 e. The molecule has 2 N–H and O–H groups in total. The first-order chi connectivity index (χ1) is 9.98. The van der Waals surface area contributed by atoms with Gasteiger partial charge in [-0.15, -0.1) is 24.0 Å². The van der Waals surface area contributed by atoms with Gasteiger partial charge in [-0.1, -0.05) is 0 Å². The van der Waals surface area contributed by atoms with Gasteiger partial charge < -0.3 is 15.4 Å². The zero-order chi connectivity index (χ0) is 15.7. The highest BCUT2D eigenvalue weighted by Crippen LogP contribution is 2.07. The summed E-state index contributed by atoms with van der Waals surface area (Å²) in [6.07, 6.45) is 4.69. The molecule has 1 heterocycles. The van der Waals surface area contributed by atoms with Crippen LogP contribution in [-0.4, -0.2) is 43.3 Å². The maximum Gasteiger partial charge on any atom is 0.191 e. The maximum atomic E-state index is 5.39. The lowest BCUT2D eigenvalue weighted by Gasteiger charge is -2.21. The summed E-state index contributed by atoms with van der Waals surface area (Å²) in [5, 5.41) is 6.61. The van der Waals surface area contributed by atoms with Crippen LogP contribution in [0, 0.1) is 6.92 Å². The number of hydrogen-bond acceptors (Lipinski definition) is 3. The second kappa shape index (κ2) is 10.8. The third-order valence-corrected chi connectivity index (χ3v) is 3.34. The lowest BCUT2D eigenvalue weighted by atomic mass is 10.1. The average molecular weight is 420 g/mol. The van der Waals surface area contributed by atoms with Crippen LogP contribution in [0.2, 0.25) is 0 Å². The summed E-state index contributed by atoms with van der Waals surface area (Å²) in [7, 11) is 1.71. The van der Waals surface area contributed by atoms with Crippen molar-refractivity contribution in [3.05, 3.63) is 29.6 Å². The number of hydrogen-bond donors (Lipinski definition) is 2. The van der Waals surface area contributed by atoms with E-state index < -0.39 is 0 Å². The number of pyridine rings is 1. The molecule has 0 aliphatic rings. The van der Waals surface area contributed by atoms with E-state index >= 15 is 0 Å². The molecule has 1 rings (SSSR count). The van der Waals surface area contributed by atoms with Gasteiger partial charge in [0.05, 0.1) is 12.1 Å². The molecule has 1 aromatic heterocycles. The molecule has 1 aromatic rings. The summed E-state index contributed by atoms with van der Waals surface area (Å²) in [6, 6.07) is 2.06. The van der Waals surface area contributed by atoms with Crippen molar-refractivity contribution in [1.29, 1.82) is 0 Å². The van der Waals surface area contributed by atoms with Gasteiger partial charge in [0.25, 0.3) is 0 Å². The Kier molecular flexibility index (Phi) is 10.3. The number of rotatable bonds is 7. The second-order valence-electron chi connectivity index (χ2n) is 5.64. The fourth-order valence-electron chi connectivity index (χ4n) is 1.77. The molecule has 0 aliphatic carbocycles. The number of aliphatic imine (C=N–C) groups is 1. The Balaban J connectivity index is 0.00000441. The first-order valence-corrected chi connectivity index (χ1v) is 7.45. The Labute approximate surface area is 151 Å². The number of guanidine groups is 1. The lowest BCUT2D eigenvalue weighted by molar-refractivity contribution is 0.0310. The molecule has 5 nitrogen and oxygen atoms in total. The van der Waals surface area contributed by atoms with Crippen molar-refractivity contribution < 1.29 is 4.74 Å². The van der Waals surface area contributed by atoms with Gasteiger partial charge in [0, 0.05) is 32.6 Å². The van der Waals surface area contributed by atoms with E-state index in [2.05, 4.69) is 40.5 Å². The lowest BCUT2D eigenvalue weighted by Crippen LogP contribution is -2.40. The highest BCUT2D eigenvalue weighted by atomic mass is 127. The van der Waals surface area contributed by atoms with Crippen molar-refractivity contribution in [3.8, 4) is 0 Å². The number of nitrogens with one attached hydrogen (secondary N) is 2. The summed E-state index contributed by atoms with van der Waals surface area (Å²) in [5.74, 6) is 0.828. The molecule has 0 unspecified atom stereocenters. The summed E-state index contributed by atoms with van der Waals surface area (Å²) in [5.41, 5.74) is 2.29. The molecule has 0 saturated carbocycles. The third-order valence-electron chi connectivity index (χ3n) is 3.34. The van der Waals surface area contributed by atoms with E-state index in [0.717, 1.165) is 25.5 Å². The number of ether oxygens (including phenoxy) is 1. The molecular weight excluding hydrogens is 391 g/mol. The van der Waals surface area contributed by atoms with E-state index in [1.54, 1.807) is 7.11 Å². The summed E-state index contributed by atoms with van der Waals surface area (Å²) >= 11 is 0. The Bertz CT molecular complexity index is 463. The predicted molar refractivity (Wildman–Crippen MR) is 103 cm³/mol. The number of aryl methyl sites for hydroxylation is 1. The SMILES string of the molecule is CCNC(=NCC(C)(C)OC)NCCc1ccncc1C.I. The normalized spacial score (nSPS) is 11.8. The van der Waals surface area contributed by atoms with Crippen LogP contribution in [-0.2, 0) is 11.2 Å².